The maximum absolute atomic E-state index is 8.76. The van der Waals surface area contributed by atoms with E-state index in [2.05, 4.69) is 20.8 Å². The SMILES string of the molecule is N#CC(C#N)=Cc1ccc(N2CCOCC2)cc1Br. The number of anilines is 1. The molecule has 1 saturated heterocycles. The third kappa shape index (κ3) is 3.35. The van der Waals surface area contributed by atoms with E-state index in [0.717, 1.165) is 42.0 Å². The number of hydrogen-bond acceptors (Lipinski definition) is 4. The van der Waals surface area contributed by atoms with Gasteiger partial charge < -0.3 is 9.64 Å². The van der Waals surface area contributed by atoms with Crippen LogP contribution >= 0.6 is 15.9 Å². The Labute approximate surface area is 120 Å². The zero-order valence-corrected chi connectivity index (χ0v) is 11.9. The lowest BCUT2D eigenvalue weighted by Crippen LogP contribution is -2.36. The third-order valence-corrected chi connectivity index (χ3v) is 3.59. The lowest BCUT2D eigenvalue weighted by molar-refractivity contribution is 0.122. The van der Waals surface area contributed by atoms with Crippen molar-refractivity contribution in [3.05, 3.63) is 33.8 Å². The first-order chi connectivity index (χ1) is 9.24. The van der Waals surface area contributed by atoms with Crippen LogP contribution in [-0.2, 0) is 4.74 Å². The van der Waals surface area contributed by atoms with Gasteiger partial charge in [-0.1, -0.05) is 22.0 Å². The number of allylic oxidation sites excluding steroid dienone is 1. The van der Waals surface area contributed by atoms with Crippen molar-refractivity contribution in [1.29, 1.82) is 10.5 Å². The molecule has 1 aliphatic heterocycles. The molecule has 1 heterocycles. The Bertz CT molecular complexity index is 561. The first-order valence-electron chi connectivity index (χ1n) is 5.88. The van der Waals surface area contributed by atoms with E-state index in [0.29, 0.717) is 0 Å². The minimum Gasteiger partial charge on any atom is -0.378 e. The molecule has 0 radical (unpaired) electrons. The smallest absolute Gasteiger partial charge is 0.130 e. The summed E-state index contributed by atoms with van der Waals surface area (Å²) in [5.41, 5.74) is 2.04. The maximum Gasteiger partial charge on any atom is 0.130 e. The monoisotopic (exact) mass is 317 g/mol. The molecule has 1 aliphatic rings. The Kier molecular flexibility index (Phi) is 4.57. The van der Waals surface area contributed by atoms with Gasteiger partial charge in [0.1, 0.15) is 17.7 Å². The van der Waals surface area contributed by atoms with Crippen molar-refractivity contribution in [3.8, 4) is 12.1 Å². The molecule has 0 aromatic heterocycles. The molecular formula is C14H12BrN3O. The predicted molar refractivity (Wildman–Crippen MR) is 76.4 cm³/mol. The molecule has 1 aromatic carbocycles. The number of rotatable bonds is 2. The summed E-state index contributed by atoms with van der Waals surface area (Å²) < 4.78 is 6.20. The molecule has 0 unspecified atom stereocenters. The fraction of sp³-hybridized carbons (Fsp3) is 0.286. The number of morpholine rings is 1. The molecule has 0 spiro atoms. The van der Waals surface area contributed by atoms with Crippen molar-refractivity contribution in [2.24, 2.45) is 0 Å². The Hall–Kier alpha value is -1.82. The molecule has 1 aromatic rings. The van der Waals surface area contributed by atoms with Gasteiger partial charge in [-0.3, -0.25) is 0 Å². The highest BCUT2D eigenvalue weighted by Gasteiger charge is 2.12. The average Bonchev–Trinajstić information content (AvgIpc) is 2.47. The third-order valence-electron chi connectivity index (χ3n) is 2.90. The van der Waals surface area contributed by atoms with Gasteiger partial charge in [-0.25, -0.2) is 0 Å². The highest BCUT2D eigenvalue weighted by atomic mass is 79.9. The fourth-order valence-corrected chi connectivity index (χ4v) is 2.38. The van der Waals surface area contributed by atoms with E-state index in [1.807, 2.05) is 30.3 Å². The number of benzene rings is 1. The van der Waals surface area contributed by atoms with Crippen molar-refractivity contribution < 1.29 is 4.74 Å². The summed E-state index contributed by atoms with van der Waals surface area (Å²) in [6, 6.07) is 9.62. The molecule has 0 bridgehead atoms. The van der Waals surface area contributed by atoms with E-state index in [1.54, 1.807) is 6.08 Å². The Morgan fingerprint density at radius 2 is 1.95 bits per heavy atom. The highest BCUT2D eigenvalue weighted by Crippen LogP contribution is 2.26. The maximum atomic E-state index is 8.76. The molecule has 0 atom stereocenters. The number of hydrogen-bond donors (Lipinski definition) is 0. The van der Waals surface area contributed by atoms with Crippen LogP contribution in [-0.4, -0.2) is 26.3 Å². The average molecular weight is 318 g/mol. The second-order valence-corrected chi connectivity index (χ2v) is 4.94. The van der Waals surface area contributed by atoms with E-state index < -0.39 is 0 Å². The van der Waals surface area contributed by atoms with Crippen LogP contribution in [0.4, 0.5) is 5.69 Å². The van der Waals surface area contributed by atoms with Gasteiger partial charge in [-0.15, -0.1) is 0 Å². The Morgan fingerprint density at radius 1 is 1.26 bits per heavy atom. The Morgan fingerprint density at radius 3 is 2.53 bits per heavy atom. The molecule has 4 nitrogen and oxygen atoms in total. The van der Waals surface area contributed by atoms with Gasteiger partial charge in [0.15, 0.2) is 0 Å². The van der Waals surface area contributed by atoms with Gasteiger partial charge in [0, 0.05) is 23.2 Å². The number of ether oxygens (including phenoxy) is 1. The molecule has 5 heteroatoms. The van der Waals surface area contributed by atoms with Crippen molar-refractivity contribution in [1.82, 2.24) is 0 Å². The van der Waals surface area contributed by atoms with Crippen molar-refractivity contribution in [2.75, 3.05) is 31.2 Å². The van der Waals surface area contributed by atoms with Crippen LogP contribution in [0.25, 0.3) is 6.08 Å². The van der Waals surface area contributed by atoms with Gasteiger partial charge in [0.25, 0.3) is 0 Å². The standard InChI is InChI=1S/C14H12BrN3O/c15-14-8-13(18-3-5-19-6-4-18)2-1-12(14)7-11(9-16)10-17/h1-2,7-8H,3-6H2. The molecular weight excluding hydrogens is 306 g/mol. The number of nitriles is 2. The lowest BCUT2D eigenvalue weighted by Gasteiger charge is -2.29. The van der Waals surface area contributed by atoms with Gasteiger partial charge in [-0.2, -0.15) is 10.5 Å². The Balaban J connectivity index is 2.25. The van der Waals surface area contributed by atoms with Crippen LogP contribution in [0, 0.1) is 22.7 Å². The lowest BCUT2D eigenvalue weighted by atomic mass is 10.1. The minimum absolute atomic E-state index is 0.0971. The molecule has 0 N–H and O–H groups in total. The van der Waals surface area contributed by atoms with Crippen LogP contribution in [0.2, 0.25) is 0 Å². The van der Waals surface area contributed by atoms with Crippen LogP contribution in [0.3, 0.4) is 0 Å². The largest absolute Gasteiger partial charge is 0.378 e. The molecule has 19 heavy (non-hydrogen) atoms. The molecule has 96 valence electrons. The van der Waals surface area contributed by atoms with Gasteiger partial charge in [0.2, 0.25) is 0 Å². The van der Waals surface area contributed by atoms with Crippen molar-refractivity contribution in [3.63, 3.8) is 0 Å². The summed E-state index contributed by atoms with van der Waals surface area (Å²) in [4.78, 5) is 2.25. The molecule has 1 fully saturated rings. The van der Waals surface area contributed by atoms with Crippen LogP contribution in [0.1, 0.15) is 5.56 Å². The van der Waals surface area contributed by atoms with Gasteiger partial charge >= 0.3 is 0 Å². The predicted octanol–water partition coefficient (Wildman–Crippen LogP) is 2.72. The summed E-state index contributed by atoms with van der Waals surface area (Å²) >= 11 is 3.48. The zero-order valence-electron chi connectivity index (χ0n) is 10.3. The van der Waals surface area contributed by atoms with E-state index in [1.165, 1.54) is 0 Å². The zero-order chi connectivity index (χ0) is 13.7. The summed E-state index contributed by atoms with van der Waals surface area (Å²) in [5, 5.41) is 17.5. The molecule has 0 aliphatic carbocycles. The topological polar surface area (TPSA) is 60.0 Å². The summed E-state index contributed by atoms with van der Waals surface area (Å²) in [5.74, 6) is 0. The second-order valence-electron chi connectivity index (χ2n) is 4.09. The van der Waals surface area contributed by atoms with Gasteiger partial charge in [-0.05, 0) is 23.8 Å². The molecule has 2 rings (SSSR count). The summed E-state index contributed by atoms with van der Waals surface area (Å²) in [7, 11) is 0. The van der Waals surface area contributed by atoms with Crippen LogP contribution in [0.5, 0.6) is 0 Å². The highest BCUT2D eigenvalue weighted by molar-refractivity contribution is 9.10. The quantitative estimate of drug-likeness (QED) is 0.787. The number of halogens is 1. The molecule has 0 amide bonds. The summed E-state index contributed by atoms with van der Waals surface area (Å²) in [6.07, 6.45) is 1.58. The van der Waals surface area contributed by atoms with Gasteiger partial charge in [0.05, 0.1) is 13.2 Å². The van der Waals surface area contributed by atoms with Crippen molar-refractivity contribution >= 4 is 27.7 Å². The minimum atomic E-state index is 0.0971. The van der Waals surface area contributed by atoms with Crippen molar-refractivity contribution in [2.45, 2.75) is 0 Å². The van der Waals surface area contributed by atoms with E-state index in [-0.39, 0.29) is 5.57 Å². The summed E-state index contributed by atoms with van der Waals surface area (Å²) in [6.45, 7) is 3.24. The van der Waals surface area contributed by atoms with E-state index >= 15 is 0 Å². The van der Waals surface area contributed by atoms with Crippen LogP contribution in [0.15, 0.2) is 28.2 Å². The van der Waals surface area contributed by atoms with E-state index in [4.69, 9.17) is 15.3 Å². The number of nitrogens with zero attached hydrogens (tertiary/aromatic N) is 3. The second kappa shape index (κ2) is 6.38. The van der Waals surface area contributed by atoms with Crippen LogP contribution < -0.4 is 4.90 Å². The first-order valence-corrected chi connectivity index (χ1v) is 6.68. The normalized spacial score (nSPS) is 14.4. The fourth-order valence-electron chi connectivity index (χ4n) is 1.90. The van der Waals surface area contributed by atoms with E-state index in [9.17, 15) is 0 Å². The molecule has 0 saturated carbocycles. The first kappa shape index (κ1) is 13.6.